The molecule has 0 saturated carbocycles. The average Bonchev–Trinajstić information content (AvgIpc) is 2.85. The van der Waals surface area contributed by atoms with Crippen LogP contribution in [0.5, 0.6) is 0 Å². The molecule has 0 fully saturated rings. The first-order valence-corrected chi connectivity index (χ1v) is 13.0. The summed E-state index contributed by atoms with van der Waals surface area (Å²) in [6.45, 7) is 5.08. The van der Waals surface area contributed by atoms with Crippen LogP contribution in [0.15, 0.2) is 59.6 Å². The third-order valence-corrected chi connectivity index (χ3v) is 6.99. The summed E-state index contributed by atoms with van der Waals surface area (Å²) in [5, 5.41) is 15.0. The van der Waals surface area contributed by atoms with Gasteiger partial charge in [0.25, 0.3) is 0 Å². The molecule has 1 unspecified atom stereocenters. The summed E-state index contributed by atoms with van der Waals surface area (Å²) in [6, 6.07) is 11.3. The number of aromatic nitrogens is 1. The van der Waals surface area contributed by atoms with Crippen LogP contribution in [0.1, 0.15) is 44.4 Å². The zero-order chi connectivity index (χ0) is 27.2. The Labute approximate surface area is 223 Å². The fraction of sp³-hybridized carbons (Fsp3) is 0.296. The highest BCUT2D eigenvalue weighted by molar-refractivity contribution is 7.99. The van der Waals surface area contributed by atoms with Crippen molar-refractivity contribution in [3.63, 3.8) is 0 Å². The molecule has 1 aromatic heterocycles. The number of benzene rings is 2. The van der Waals surface area contributed by atoms with Crippen molar-refractivity contribution in [3.05, 3.63) is 82.6 Å². The van der Waals surface area contributed by atoms with E-state index >= 15 is 0 Å². The van der Waals surface area contributed by atoms with Crippen LogP contribution in [0.3, 0.4) is 0 Å². The Morgan fingerprint density at radius 1 is 1.11 bits per heavy atom. The first kappa shape index (κ1) is 28.6. The zero-order valence-corrected chi connectivity index (χ0v) is 22.2. The molecule has 1 atom stereocenters. The van der Waals surface area contributed by atoms with Crippen molar-refractivity contribution in [2.24, 2.45) is 0 Å². The number of hydrogen-bond donors (Lipinski definition) is 3. The van der Waals surface area contributed by atoms with Gasteiger partial charge in [-0.25, -0.2) is 8.78 Å². The average molecular weight is 548 g/mol. The van der Waals surface area contributed by atoms with Crippen molar-refractivity contribution in [3.8, 4) is 0 Å². The standard InChI is InChI=1S/C27H28ClF2N3O3S/c1-4-37-18-7-10-23(31-15-18)19(11-12-34)25(35)32-17-6-8-20(21(28)14-17)27(2,3)26(36)33-24-9-5-16(29)13-22(24)30/h5-10,13-15,19,34H,4,11-12H2,1-3H3,(H,32,35)(H,33,36). The second kappa shape index (κ2) is 12.5. The van der Waals surface area contributed by atoms with Crippen molar-refractivity contribution < 1.29 is 23.5 Å². The van der Waals surface area contributed by atoms with Gasteiger partial charge in [0, 0.05) is 34.5 Å². The Bertz CT molecular complexity index is 1270. The molecule has 3 aromatic rings. The molecule has 2 amide bonds. The molecule has 0 aliphatic rings. The maximum absolute atomic E-state index is 14.0. The Balaban J connectivity index is 1.76. The number of aliphatic hydroxyl groups excluding tert-OH is 1. The van der Waals surface area contributed by atoms with Crippen LogP contribution in [0.4, 0.5) is 20.2 Å². The highest BCUT2D eigenvalue weighted by Crippen LogP contribution is 2.34. The van der Waals surface area contributed by atoms with Gasteiger partial charge in [0.2, 0.25) is 11.8 Å². The van der Waals surface area contributed by atoms with E-state index in [1.165, 1.54) is 6.07 Å². The number of amides is 2. The van der Waals surface area contributed by atoms with Gasteiger partial charge in [-0.1, -0.05) is 24.6 Å². The van der Waals surface area contributed by atoms with E-state index in [0.717, 1.165) is 22.8 Å². The second-order valence-electron chi connectivity index (χ2n) is 8.80. The lowest BCUT2D eigenvalue weighted by Crippen LogP contribution is -2.35. The molecule has 0 aliphatic heterocycles. The van der Waals surface area contributed by atoms with Crippen molar-refractivity contribution in [2.45, 2.75) is 43.4 Å². The summed E-state index contributed by atoms with van der Waals surface area (Å²) in [4.78, 5) is 31.4. The summed E-state index contributed by atoms with van der Waals surface area (Å²) < 4.78 is 27.2. The number of carbonyl (C=O) groups excluding carboxylic acids is 2. The highest BCUT2D eigenvalue weighted by Gasteiger charge is 2.33. The van der Waals surface area contributed by atoms with Crippen molar-refractivity contribution in [1.82, 2.24) is 4.98 Å². The molecule has 0 aliphatic carbocycles. The number of anilines is 2. The fourth-order valence-electron chi connectivity index (χ4n) is 3.71. The molecule has 3 N–H and O–H groups in total. The molecule has 1 heterocycles. The summed E-state index contributed by atoms with van der Waals surface area (Å²) in [5.74, 6) is -2.31. The molecule has 0 bridgehead atoms. The minimum absolute atomic E-state index is 0.149. The fourth-order valence-corrected chi connectivity index (χ4v) is 4.75. The van der Waals surface area contributed by atoms with Gasteiger partial charge >= 0.3 is 0 Å². The smallest absolute Gasteiger partial charge is 0.234 e. The zero-order valence-electron chi connectivity index (χ0n) is 20.6. The lowest BCUT2D eigenvalue weighted by atomic mass is 9.83. The van der Waals surface area contributed by atoms with E-state index in [-0.39, 0.29) is 29.6 Å². The van der Waals surface area contributed by atoms with Crippen LogP contribution in [0.25, 0.3) is 0 Å². The molecule has 6 nitrogen and oxygen atoms in total. The van der Waals surface area contributed by atoms with Crippen LogP contribution in [0, 0.1) is 11.6 Å². The summed E-state index contributed by atoms with van der Waals surface area (Å²) in [7, 11) is 0. The third kappa shape index (κ3) is 7.06. The van der Waals surface area contributed by atoms with Crippen LogP contribution >= 0.6 is 23.4 Å². The van der Waals surface area contributed by atoms with E-state index in [9.17, 15) is 23.5 Å². The molecule has 37 heavy (non-hydrogen) atoms. The van der Waals surface area contributed by atoms with E-state index in [1.54, 1.807) is 50.0 Å². The highest BCUT2D eigenvalue weighted by atomic mass is 35.5. The Kier molecular flexibility index (Phi) is 9.64. The molecular weight excluding hydrogens is 520 g/mol. The van der Waals surface area contributed by atoms with Gasteiger partial charge in [-0.2, -0.15) is 0 Å². The van der Waals surface area contributed by atoms with Gasteiger partial charge in [0.05, 0.1) is 22.7 Å². The van der Waals surface area contributed by atoms with Crippen molar-refractivity contribution in [2.75, 3.05) is 23.0 Å². The SMILES string of the molecule is CCSc1ccc(C(CCO)C(=O)Nc2ccc(C(C)(C)C(=O)Nc3ccc(F)cc3F)c(Cl)c2)nc1. The van der Waals surface area contributed by atoms with Gasteiger partial charge in [-0.05, 0) is 68.0 Å². The number of halogens is 3. The van der Waals surface area contributed by atoms with Gasteiger partial charge in [0.15, 0.2) is 0 Å². The van der Waals surface area contributed by atoms with Crippen molar-refractivity contribution >= 4 is 46.6 Å². The maximum atomic E-state index is 14.0. The first-order valence-electron chi connectivity index (χ1n) is 11.6. The van der Waals surface area contributed by atoms with E-state index in [0.29, 0.717) is 23.0 Å². The van der Waals surface area contributed by atoms with Crippen LogP contribution in [0.2, 0.25) is 5.02 Å². The summed E-state index contributed by atoms with van der Waals surface area (Å²) >= 11 is 8.13. The molecule has 196 valence electrons. The third-order valence-electron chi connectivity index (χ3n) is 5.82. The number of rotatable bonds is 10. The largest absolute Gasteiger partial charge is 0.396 e. The van der Waals surface area contributed by atoms with E-state index < -0.39 is 28.9 Å². The van der Waals surface area contributed by atoms with Gasteiger partial charge in [0.1, 0.15) is 11.6 Å². The number of nitrogens with zero attached hydrogens (tertiary/aromatic N) is 1. The van der Waals surface area contributed by atoms with Gasteiger partial charge in [-0.3, -0.25) is 14.6 Å². The van der Waals surface area contributed by atoms with Crippen molar-refractivity contribution in [1.29, 1.82) is 0 Å². The van der Waals surface area contributed by atoms with E-state index in [2.05, 4.69) is 15.6 Å². The Hall–Kier alpha value is -3.01. The van der Waals surface area contributed by atoms with E-state index in [1.807, 2.05) is 13.0 Å². The van der Waals surface area contributed by atoms with Crippen LogP contribution in [-0.2, 0) is 15.0 Å². The number of hydrogen-bond acceptors (Lipinski definition) is 5. The minimum Gasteiger partial charge on any atom is -0.396 e. The molecule has 3 rings (SSSR count). The molecule has 10 heteroatoms. The monoisotopic (exact) mass is 547 g/mol. The minimum atomic E-state index is -1.18. The van der Waals surface area contributed by atoms with Crippen LogP contribution < -0.4 is 10.6 Å². The Morgan fingerprint density at radius 2 is 1.86 bits per heavy atom. The number of thioether (sulfide) groups is 1. The Morgan fingerprint density at radius 3 is 2.46 bits per heavy atom. The molecule has 0 spiro atoms. The summed E-state index contributed by atoms with van der Waals surface area (Å²) in [5.41, 5.74) is 0.0671. The number of nitrogens with one attached hydrogen (secondary N) is 2. The molecular formula is C27H28ClF2N3O3S. The molecule has 0 radical (unpaired) electrons. The van der Waals surface area contributed by atoms with Gasteiger partial charge < -0.3 is 15.7 Å². The normalized spacial score (nSPS) is 12.2. The maximum Gasteiger partial charge on any atom is 0.234 e. The predicted molar refractivity (Wildman–Crippen MR) is 143 cm³/mol. The second-order valence-corrected chi connectivity index (χ2v) is 10.5. The molecule has 0 saturated heterocycles. The first-order chi connectivity index (χ1) is 17.6. The lowest BCUT2D eigenvalue weighted by molar-refractivity contribution is -0.120. The number of aliphatic hydroxyl groups is 1. The number of carbonyl (C=O) groups is 2. The summed E-state index contributed by atoms with van der Waals surface area (Å²) in [6.07, 6.45) is 1.90. The van der Waals surface area contributed by atoms with Crippen LogP contribution in [-0.4, -0.2) is 34.3 Å². The predicted octanol–water partition coefficient (Wildman–Crippen LogP) is 6.15. The molecule has 2 aromatic carbocycles. The number of pyridine rings is 1. The lowest BCUT2D eigenvalue weighted by Gasteiger charge is -2.26. The van der Waals surface area contributed by atoms with Gasteiger partial charge in [-0.15, -0.1) is 11.8 Å². The topological polar surface area (TPSA) is 91.3 Å². The van der Waals surface area contributed by atoms with E-state index in [4.69, 9.17) is 11.6 Å². The quantitative estimate of drug-likeness (QED) is 0.265.